The molecule has 1 fully saturated rings. The number of para-hydroxylation sites is 1. The van der Waals surface area contributed by atoms with Gasteiger partial charge in [-0.05, 0) is 59.6 Å². The molecule has 1 aromatic carbocycles. The van der Waals surface area contributed by atoms with Crippen molar-refractivity contribution in [3.63, 3.8) is 0 Å². The Morgan fingerprint density at radius 2 is 1.74 bits per heavy atom. The molecule has 2 N–H and O–H groups in total. The van der Waals surface area contributed by atoms with Crippen LogP contribution >= 0.6 is 0 Å². The minimum absolute atomic E-state index is 0.0467. The number of urea groups is 1. The van der Waals surface area contributed by atoms with Crippen LogP contribution in [0, 0.1) is 0 Å². The first-order valence-corrected chi connectivity index (χ1v) is 9.78. The number of amides is 3. The lowest BCUT2D eigenvalue weighted by atomic mass is 10.0. The number of hydrogen-bond donors (Lipinski definition) is 2. The minimum Gasteiger partial charge on any atom is -0.371 e. The smallest absolute Gasteiger partial charge is 0.315 e. The molecule has 1 heterocycles. The molecule has 0 saturated carbocycles. The normalized spacial score (nSPS) is 15.6. The zero-order valence-corrected chi connectivity index (χ0v) is 17.5. The summed E-state index contributed by atoms with van der Waals surface area (Å²) >= 11 is 0. The van der Waals surface area contributed by atoms with Gasteiger partial charge in [-0.3, -0.25) is 4.79 Å². The number of nitrogens with zero attached hydrogens (tertiary/aromatic N) is 2. The molecule has 6 heteroatoms. The molecule has 0 spiro atoms. The fourth-order valence-corrected chi connectivity index (χ4v) is 3.18. The maximum atomic E-state index is 12.8. The van der Waals surface area contributed by atoms with Gasteiger partial charge in [-0.1, -0.05) is 12.1 Å². The molecule has 0 bridgehead atoms. The molecule has 0 radical (unpaired) electrons. The third-order valence-corrected chi connectivity index (χ3v) is 4.89. The Kier molecular flexibility index (Phi) is 6.73. The number of piperidine rings is 1. The van der Waals surface area contributed by atoms with E-state index < -0.39 is 0 Å². The van der Waals surface area contributed by atoms with Gasteiger partial charge in [0.25, 0.3) is 5.91 Å². The van der Waals surface area contributed by atoms with Crippen molar-refractivity contribution in [1.82, 2.24) is 15.5 Å². The molecule has 0 aromatic heterocycles. The molecule has 1 aliphatic rings. The van der Waals surface area contributed by atoms with Crippen LogP contribution in [-0.4, -0.2) is 54.6 Å². The van der Waals surface area contributed by atoms with Crippen LogP contribution in [0.3, 0.4) is 0 Å². The summed E-state index contributed by atoms with van der Waals surface area (Å²) in [6.07, 6.45) is 1.72. The van der Waals surface area contributed by atoms with Crippen molar-refractivity contribution in [2.75, 3.05) is 25.0 Å². The fraction of sp³-hybridized carbons (Fsp3) is 0.619. The first-order valence-electron chi connectivity index (χ1n) is 9.78. The minimum atomic E-state index is -0.244. The summed E-state index contributed by atoms with van der Waals surface area (Å²) in [5.41, 5.74) is 1.48. The highest BCUT2D eigenvalue weighted by Crippen LogP contribution is 2.25. The monoisotopic (exact) mass is 374 g/mol. The van der Waals surface area contributed by atoms with Crippen LogP contribution in [-0.2, 0) is 0 Å². The van der Waals surface area contributed by atoms with Crippen molar-refractivity contribution in [2.24, 2.45) is 0 Å². The number of rotatable bonds is 4. The first kappa shape index (κ1) is 21.1. The average molecular weight is 375 g/mol. The highest BCUT2D eigenvalue weighted by Gasteiger charge is 2.26. The molecule has 6 nitrogen and oxygen atoms in total. The summed E-state index contributed by atoms with van der Waals surface area (Å²) < 4.78 is 0. The lowest BCUT2D eigenvalue weighted by molar-refractivity contribution is 0.0755. The van der Waals surface area contributed by atoms with Crippen molar-refractivity contribution in [1.29, 1.82) is 0 Å². The zero-order valence-electron chi connectivity index (χ0n) is 17.5. The summed E-state index contributed by atoms with van der Waals surface area (Å²) in [5, 5.41) is 6.01. The van der Waals surface area contributed by atoms with Gasteiger partial charge in [0.15, 0.2) is 0 Å². The fourth-order valence-electron chi connectivity index (χ4n) is 3.18. The number of hydrogen-bond acceptors (Lipinski definition) is 3. The Morgan fingerprint density at radius 1 is 1.15 bits per heavy atom. The van der Waals surface area contributed by atoms with Gasteiger partial charge < -0.3 is 20.4 Å². The number of carbonyl (C=O) groups excluding carboxylic acids is 2. The van der Waals surface area contributed by atoms with E-state index >= 15 is 0 Å². The second-order valence-electron chi connectivity index (χ2n) is 8.64. The highest BCUT2D eigenvalue weighted by molar-refractivity contribution is 5.99. The lowest BCUT2D eigenvalue weighted by Crippen LogP contribution is -2.52. The molecular formula is C21H34N4O2. The summed E-state index contributed by atoms with van der Waals surface area (Å²) in [7, 11) is 1.84. The second kappa shape index (κ2) is 8.63. The van der Waals surface area contributed by atoms with E-state index in [9.17, 15) is 9.59 Å². The number of anilines is 1. The zero-order chi connectivity index (χ0) is 20.2. The van der Waals surface area contributed by atoms with Crippen LogP contribution in [0.25, 0.3) is 0 Å². The van der Waals surface area contributed by atoms with Gasteiger partial charge in [0.2, 0.25) is 0 Å². The standard InChI is InChI=1S/C21H34N4O2/c1-15(2)24(6)19(26)17-9-7-8-10-18(17)25-13-11-16(12-14-25)22-20(27)23-21(3,4)5/h7-10,15-16H,11-14H2,1-6H3,(H2,22,23,27). The molecule has 1 saturated heterocycles. The third-order valence-electron chi connectivity index (χ3n) is 4.89. The van der Waals surface area contributed by atoms with E-state index in [0.717, 1.165) is 37.2 Å². The molecule has 2 rings (SSSR count). The molecule has 27 heavy (non-hydrogen) atoms. The SMILES string of the molecule is CC(C)N(C)C(=O)c1ccccc1N1CCC(NC(=O)NC(C)(C)C)CC1. The summed E-state index contributed by atoms with van der Waals surface area (Å²) in [6.45, 7) is 11.6. The molecule has 0 unspecified atom stereocenters. The largest absolute Gasteiger partial charge is 0.371 e. The van der Waals surface area contributed by atoms with Crippen LogP contribution in [0.1, 0.15) is 57.8 Å². The van der Waals surface area contributed by atoms with E-state index in [-0.39, 0.29) is 29.6 Å². The lowest BCUT2D eigenvalue weighted by Gasteiger charge is -2.36. The predicted octanol–water partition coefficient (Wildman–Crippen LogP) is 3.23. The molecule has 0 aliphatic carbocycles. The quantitative estimate of drug-likeness (QED) is 0.850. The number of carbonyl (C=O) groups is 2. The summed E-state index contributed by atoms with van der Waals surface area (Å²) in [4.78, 5) is 28.9. The molecular weight excluding hydrogens is 340 g/mol. The predicted molar refractivity (Wildman–Crippen MR) is 110 cm³/mol. The van der Waals surface area contributed by atoms with E-state index in [2.05, 4.69) is 15.5 Å². The first-order chi connectivity index (χ1) is 12.6. The van der Waals surface area contributed by atoms with E-state index in [1.54, 1.807) is 4.90 Å². The molecule has 1 aliphatic heterocycles. The van der Waals surface area contributed by atoms with E-state index in [1.807, 2.05) is 65.9 Å². The second-order valence-corrected chi connectivity index (χ2v) is 8.64. The summed E-state index contributed by atoms with van der Waals surface area (Å²) in [5.74, 6) is 0.0467. The van der Waals surface area contributed by atoms with Gasteiger partial charge in [-0.25, -0.2) is 4.79 Å². The van der Waals surface area contributed by atoms with Crippen LogP contribution in [0.5, 0.6) is 0 Å². The van der Waals surface area contributed by atoms with Gasteiger partial charge >= 0.3 is 6.03 Å². The highest BCUT2D eigenvalue weighted by atomic mass is 16.2. The third kappa shape index (κ3) is 5.88. The van der Waals surface area contributed by atoms with Crippen molar-refractivity contribution in [3.8, 4) is 0 Å². The number of benzene rings is 1. The molecule has 1 aromatic rings. The average Bonchev–Trinajstić information content (AvgIpc) is 2.59. The Morgan fingerprint density at radius 3 is 2.30 bits per heavy atom. The Balaban J connectivity index is 2.00. The van der Waals surface area contributed by atoms with Gasteiger partial charge in [0, 0.05) is 43.4 Å². The van der Waals surface area contributed by atoms with Crippen LogP contribution in [0.4, 0.5) is 10.5 Å². The van der Waals surface area contributed by atoms with Gasteiger partial charge in [-0.15, -0.1) is 0 Å². The van der Waals surface area contributed by atoms with E-state index in [1.165, 1.54) is 0 Å². The maximum absolute atomic E-state index is 12.8. The Hall–Kier alpha value is -2.24. The topological polar surface area (TPSA) is 64.7 Å². The van der Waals surface area contributed by atoms with Crippen LogP contribution in [0.15, 0.2) is 24.3 Å². The Bertz CT molecular complexity index is 658. The van der Waals surface area contributed by atoms with Crippen molar-refractivity contribution in [2.45, 2.75) is 65.1 Å². The molecule has 0 atom stereocenters. The Labute approximate surface area is 163 Å². The summed E-state index contributed by atoms with van der Waals surface area (Å²) in [6, 6.07) is 8.00. The maximum Gasteiger partial charge on any atom is 0.315 e. The van der Waals surface area contributed by atoms with Gasteiger partial charge in [0.1, 0.15) is 0 Å². The van der Waals surface area contributed by atoms with Crippen molar-refractivity contribution < 1.29 is 9.59 Å². The van der Waals surface area contributed by atoms with Crippen molar-refractivity contribution in [3.05, 3.63) is 29.8 Å². The van der Waals surface area contributed by atoms with Crippen molar-refractivity contribution >= 4 is 17.6 Å². The van der Waals surface area contributed by atoms with Crippen LogP contribution < -0.4 is 15.5 Å². The molecule has 150 valence electrons. The van der Waals surface area contributed by atoms with E-state index in [4.69, 9.17) is 0 Å². The van der Waals surface area contributed by atoms with E-state index in [0.29, 0.717) is 0 Å². The number of nitrogens with one attached hydrogen (secondary N) is 2. The van der Waals surface area contributed by atoms with Gasteiger partial charge in [-0.2, -0.15) is 0 Å². The molecule has 3 amide bonds. The van der Waals surface area contributed by atoms with Crippen LogP contribution in [0.2, 0.25) is 0 Å². The van der Waals surface area contributed by atoms with Gasteiger partial charge in [0.05, 0.1) is 5.56 Å².